The van der Waals surface area contributed by atoms with Gasteiger partial charge in [-0.15, -0.1) is 11.8 Å². The molecular weight excluding hydrogens is 353 g/mol. The highest BCUT2D eigenvalue weighted by Gasteiger charge is 2.22. The fourth-order valence-corrected chi connectivity index (χ4v) is 4.49. The van der Waals surface area contributed by atoms with Gasteiger partial charge in [0.25, 0.3) is 0 Å². The van der Waals surface area contributed by atoms with Gasteiger partial charge in [-0.1, -0.05) is 12.1 Å². The number of hydrogen-bond acceptors (Lipinski definition) is 3. The van der Waals surface area contributed by atoms with Crippen molar-refractivity contribution in [3.8, 4) is 0 Å². The van der Waals surface area contributed by atoms with Gasteiger partial charge in [0, 0.05) is 20.8 Å². The van der Waals surface area contributed by atoms with Crippen LogP contribution in [0, 0.1) is 3.57 Å². The van der Waals surface area contributed by atoms with Crippen molar-refractivity contribution in [1.82, 2.24) is 0 Å². The molecule has 0 bridgehead atoms. The van der Waals surface area contributed by atoms with Crippen LogP contribution in [0.2, 0.25) is 0 Å². The van der Waals surface area contributed by atoms with E-state index < -0.39 is 0 Å². The highest BCUT2D eigenvalue weighted by Crippen LogP contribution is 2.26. The summed E-state index contributed by atoms with van der Waals surface area (Å²) in [5.41, 5.74) is 0.921. The van der Waals surface area contributed by atoms with E-state index in [9.17, 15) is 4.79 Å². The molecule has 1 N–H and O–H groups in total. The molecule has 5 heteroatoms. The van der Waals surface area contributed by atoms with Crippen LogP contribution in [0.3, 0.4) is 0 Å². The number of hydrogen-bond donors (Lipinski definition) is 1. The highest BCUT2D eigenvalue weighted by atomic mass is 127. The molecule has 0 aliphatic carbocycles. The Labute approximate surface area is 117 Å². The first kappa shape index (κ1) is 12.6. The van der Waals surface area contributed by atoms with Crippen molar-refractivity contribution in [2.24, 2.45) is 0 Å². The molecule has 1 aromatic carbocycles. The quantitative estimate of drug-likeness (QED) is 0.817. The first-order chi connectivity index (χ1) is 7.77. The molecule has 1 aliphatic rings. The lowest BCUT2D eigenvalue weighted by Crippen LogP contribution is -2.30. The monoisotopic (exact) mass is 365 g/mol. The van der Waals surface area contributed by atoms with Crippen LogP contribution in [0.15, 0.2) is 24.3 Å². The highest BCUT2D eigenvalue weighted by molar-refractivity contribution is 14.1. The van der Waals surface area contributed by atoms with E-state index in [1.807, 2.05) is 36.0 Å². The number of thioether (sulfide) groups is 2. The van der Waals surface area contributed by atoms with Crippen LogP contribution in [0.4, 0.5) is 5.69 Å². The van der Waals surface area contributed by atoms with Gasteiger partial charge in [-0.05, 0) is 34.7 Å². The van der Waals surface area contributed by atoms with Crippen LogP contribution >= 0.6 is 46.1 Å². The Kier molecular flexibility index (Phi) is 4.84. The molecule has 1 unspecified atom stereocenters. The minimum absolute atomic E-state index is 0.106. The lowest BCUT2D eigenvalue weighted by atomic mass is 10.3. The van der Waals surface area contributed by atoms with Gasteiger partial charge in [-0.2, -0.15) is 11.8 Å². The Morgan fingerprint density at radius 2 is 2.19 bits per heavy atom. The summed E-state index contributed by atoms with van der Waals surface area (Å²) in [7, 11) is 0. The molecule has 1 atom stereocenters. The third kappa shape index (κ3) is 3.30. The smallest absolute Gasteiger partial charge is 0.238 e. The van der Waals surface area contributed by atoms with Crippen molar-refractivity contribution in [1.29, 1.82) is 0 Å². The number of carbonyl (C=O) groups is 1. The van der Waals surface area contributed by atoms with Gasteiger partial charge >= 0.3 is 0 Å². The van der Waals surface area contributed by atoms with Gasteiger partial charge in [-0.3, -0.25) is 4.79 Å². The van der Waals surface area contributed by atoms with E-state index in [0.717, 1.165) is 26.5 Å². The van der Waals surface area contributed by atoms with Gasteiger partial charge in [0.2, 0.25) is 5.91 Å². The van der Waals surface area contributed by atoms with Crippen molar-refractivity contribution < 1.29 is 4.79 Å². The van der Waals surface area contributed by atoms with E-state index in [1.54, 1.807) is 11.8 Å². The van der Waals surface area contributed by atoms with Crippen molar-refractivity contribution >= 4 is 57.7 Å². The standard InChI is InChI=1S/C11H12INOS2/c12-8-3-1-2-4-9(8)13-11(14)10-7-15-5-6-16-10/h1-4,10H,5-7H2,(H,13,14). The molecule has 0 saturated carbocycles. The maximum absolute atomic E-state index is 12.0. The van der Waals surface area contributed by atoms with Crippen LogP contribution < -0.4 is 5.32 Å². The minimum atomic E-state index is 0.106. The predicted octanol–water partition coefficient (Wildman–Crippen LogP) is 3.08. The van der Waals surface area contributed by atoms with Crippen molar-refractivity contribution in [3.63, 3.8) is 0 Å². The summed E-state index contributed by atoms with van der Waals surface area (Å²) < 4.78 is 1.09. The lowest BCUT2D eigenvalue weighted by Gasteiger charge is -2.20. The van der Waals surface area contributed by atoms with Crippen LogP contribution in [0.25, 0.3) is 0 Å². The number of nitrogens with one attached hydrogen (secondary N) is 1. The number of anilines is 1. The average Bonchev–Trinajstić information content (AvgIpc) is 2.33. The molecule has 0 aromatic heterocycles. The van der Waals surface area contributed by atoms with E-state index in [2.05, 4.69) is 27.9 Å². The van der Waals surface area contributed by atoms with Crippen molar-refractivity contribution in [2.75, 3.05) is 22.6 Å². The van der Waals surface area contributed by atoms with Crippen LogP contribution in [0.1, 0.15) is 0 Å². The zero-order valence-electron chi connectivity index (χ0n) is 8.61. The SMILES string of the molecule is O=C(Nc1ccccc1I)C1CSCCS1. The van der Waals surface area contributed by atoms with E-state index in [-0.39, 0.29) is 11.2 Å². The van der Waals surface area contributed by atoms with Crippen LogP contribution in [-0.2, 0) is 4.79 Å². The second kappa shape index (κ2) is 6.16. The number of carbonyl (C=O) groups excluding carboxylic acids is 1. The molecule has 0 radical (unpaired) electrons. The molecule has 1 amide bonds. The van der Waals surface area contributed by atoms with Crippen molar-refractivity contribution in [2.45, 2.75) is 5.25 Å². The zero-order chi connectivity index (χ0) is 11.4. The summed E-state index contributed by atoms with van der Waals surface area (Å²) in [6, 6.07) is 7.86. The fourth-order valence-electron chi connectivity index (χ4n) is 1.41. The summed E-state index contributed by atoms with van der Waals surface area (Å²) in [4.78, 5) is 12.0. The molecule has 1 saturated heterocycles. The first-order valence-corrected chi connectivity index (χ1v) is 8.30. The fraction of sp³-hybridized carbons (Fsp3) is 0.364. The zero-order valence-corrected chi connectivity index (χ0v) is 12.4. The van der Waals surface area contributed by atoms with Crippen LogP contribution in [-0.4, -0.2) is 28.4 Å². The van der Waals surface area contributed by atoms with E-state index >= 15 is 0 Å². The Hall–Kier alpha value is 0.120. The Morgan fingerprint density at radius 1 is 1.38 bits per heavy atom. The maximum atomic E-state index is 12.0. The Bertz CT molecular complexity index is 380. The van der Waals surface area contributed by atoms with Gasteiger partial charge in [0.15, 0.2) is 0 Å². The molecule has 1 aliphatic heterocycles. The van der Waals surface area contributed by atoms with Gasteiger partial charge < -0.3 is 5.32 Å². The lowest BCUT2D eigenvalue weighted by molar-refractivity contribution is -0.115. The van der Waals surface area contributed by atoms with Crippen molar-refractivity contribution in [3.05, 3.63) is 27.8 Å². The molecule has 16 heavy (non-hydrogen) atoms. The van der Waals surface area contributed by atoms with E-state index in [1.165, 1.54) is 0 Å². The third-order valence-electron chi connectivity index (χ3n) is 2.24. The number of amides is 1. The molecule has 1 heterocycles. The summed E-state index contributed by atoms with van der Waals surface area (Å²) in [5, 5.41) is 3.11. The molecule has 0 spiro atoms. The topological polar surface area (TPSA) is 29.1 Å². The summed E-state index contributed by atoms with van der Waals surface area (Å²) >= 11 is 5.86. The largest absolute Gasteiger partial charge is 0.324 e. The predicted molar refractivity (Wildman–Crippen MR) is 81.4 cm³/mol. The number of rotatable bonds is 2. The molecule has 1 aromatic rings. The summed E-state index contributed by atoms with van der Waals surface area (Å²) in [6.45, 7) is 0. The molecule has 1 fully saturated rings. The second-order valence-electron chi connectivity index (χ2n) is 3.40. The molecule has 86 valence electrons. The van der Waals surface area contributed by atoms with Gasteiger partial charge in [0.05, 0.1) is 10.9 Å². The number of benzene rings is 1. The molecule has 2 rings (SSSR count). The number of para-hydroxylation sites is 1. The first-order valence-electron chi connectivity index (χ1n) is 5.02. The minimum Gasteiger partial charge on any atom is -0.324 e. The Balaban J connectivity index is 1.99. The molecular formula is C11H12INOS2. The third-order valence-corrected chi connectivity index (χ3v) is 5.93. The van der Waals surface area contributed by atoms with E-state index in [0.29, 0.717) is 0 Å². The molecule has 2 nitrogen and oxygen atoms in total. The second-order valence-corrected chi connectivity index (χ2v) is 7.03. The average molecular weight is 365 g/mol. The van der Waals surface area contributed by atoms with Crippen LogP contribution in [0.5, 0.6) is 0 Å². The summed E-state index contributed by atoms with van der Waals surface area (Å²) in [5.74, 6) is 3.31. The normalized spacial score (nSPS) is 20.4. The van der Waals surface area contributed by atoms with Gasteiger partial charge in [-0.25, -0.2) is 0 Å². The van der Waals surface area contributed by atoms with Gasteiger partial charge in [0.1, 0.15) is 0 Å². The maximum Gasteiger partial charge on any atom is 0.238 e. The van der Waals surface area contributed by atoms with E-state index in [4.69, 9.17) is 0 Å². The summed E-state index contributed by atoms with van der Waals surface area (Å²) in [6.07, 6.45) is 0. The Morgan fingerprint density at radius 3 is 2.88 bits per heavy atom. The number of halogens is 1.